The Bertz CT molecular complexity index is 1330. The molecule has 0 aromatic heterocycles. The van der Waals surface area contributed by atoms with Crippen molar-refractivity contribution in [2.75, 3.05) is 0 Å². The first kappa shape index (κ1) is 26.7. The molecule has 2 saturated carbocycles. The van der Waals surface area contributed by atoms with Crippen LogP contribution in [0.1, 0.15) is 65.6 Å². The van der Waals surface area contributed by atoms with Crippen molar-refractivity contribution in [2.24, 2.45) is 5.16 Å². The maximum absolute atomic E-state index is 14.3. The van der Waals surface area contributed by atoms with Crippen LogP contribution in [0.25, 0.3) is 0 Å². The Morgan fingerprint density at radius 1 is 1.13 bits per heavy atom. The molecule has 0 spiro atoms. The lowest BCUT2D eigenvalue weighted by molar-refractivity contribution is -0.275. The van der Waals surface area contributed by atoms with Gasteiger partial charge >= 0.3 is 12.1 Å². The molecule has 202 valence electrons. The van der Waals surface area contributed by atoms with Gasteiger partial charge in [-0.2, -0.15) is 13.2 Å². The van der Waals surface area contributed by atoms with E-state index < -0.39 is 57.0 Å². The number of carbonyl (C=O) groups is 2. The van der Waals surface area contributed by atoms with Gasteiger partial charge in [0, 0.05) is 17.5 Å². The Morgan fingerprint density at radius 2 is 1.79 bits per heavy atom. The van der Waals surface area contributed by atoms with Crippen molar-refractivity contribution < 1.29 is 36.7 Å². The zero-order valence-corrected chi connectivity index (χ0v) is 21.6. The van der Waals surface area contributed by atoms with E-state index in [-0.39, 0.29) is 17.4 Å². The molecule has 6 nitrogen and oxygen atoms in total. The van der Waals surface area contributed by atoms with Crippen LogP contribution in [0.2, 0.25) is 10.0 Å². The number of rotatable bonds is 6. The molecule has 1 atom stereocenters. The van der Waals surface area contributed by atoms with Crippen molar-refractivity contribution in [2.45, 2.75) is 68.9 Å². The normalized spacial score (nSPS) is 22.2. The number of hydrogen-bond donors (Lipinski definition) is 1. The highest BCUT2D eigenvalue weighted by molar-refractivity contribution is 6.35. The third-order valence-corrected chi connectivity index (χ3v) is 7.74. The zero-order valence-electron chi connectivity index (χ0n) is 20.1. The van der Waals surface area contributed by atoms with Gasteiger partial charge in [-0.25, -0.2) is 9.18 Å². The van der Waals surface area contributed by atoms with Crippen LogP contribution in [0.5, 0.6) is 0 Å². The molecule has 1 unspecified atom stereocenters. The fourth-order valence-electron chi connectivity index (χ4n) is 4.59. The van der Waals surface area contributed by atoms with Crippen molar-refractivity contribution >= 4 is 40.8 Å². The molecular formula is C26H22Cl2F4N2O4. The van der Waals surface area contributed by atoms with Crippen LogP contribution in [-0.2, 0) is 20.0 Å². The molecule has 0 bridgehead atoms. The first-order chi connectivity index (χ1) is 17.8. The van der Waals surface area contributed by atoms with Crippen LogP contribution in [0.3, 0.4) is 0 Å². The number of aryl methyl sites for hydroxylation is 1. The summed E-state index contributed by atoms with van der Waals surface area (Å²) in [6.07, 6.45) is -2.37. The zero-order chi connectivity index (χ0) is 27.5. The SMILES string of the molecule is Cc1cc(C2=NOC(c3cc(Cl)c(F)c(Cl)c3)(C(F)(F)F)C2)ccc1C(=O)NC1(C(=O)OC2CC2)CCC1. The lowest BCUT2D eigenvalue weighted by atomic mass is 9.76. The molecule has 0 radical (unpaired) electrons. The average Bonchev–Trinajstić information content (AvgIpc) is 3.51. The fourth-order valence-corrected chi connectivity index (χ4v) is 5.08. The minimum Gasteiger partial charge on any atom is -0.461 e. The molecule has 1 amide bonds. The molecule has 38 heavy (non-hydrogen) atoms. The summed E-state index contributed by atoms with van der Waals surface area (Å²) in [4.78, 5) is 30.6. The van der Waals surface area contributed by atoms with Crippen molar-refractivity contribution in [1.29, 1.82) is 0 Å². The van der Waals surface area contributed by atoms with Crippen molar-refractivity contribution in [3.05, 3.63) is 68.4 Å². The van der Waals surface area contributed by atoms with E-state index in [2.05, 4.69) is 10.5 Å². The fraction of sp³-hybridized carbons (Fsp3) is 0.423. The van der Waals surface area contributed by atoms with Gasteiger partial charge in [0.1, 0.15) is 11.6 Å². The third-order valence-electron chi connectivity index (χ3n) is 7.19. The predicted molar refractivity (Wildman–Crippen MR) is 131 cm³/mol. The summed E-state index contributed by atoms with van der Waals surface area (Å²) in [5.74, 6) is -1.95. The lowest BCUT2D eigenvalue weighted by Gasteiger charge is -2.39. The van der Waals surface area contributed by atoms with E-state index in [0.29, 0.717) is 24.0 Å². The molecule has 1 N–H and O–H groups in total. The molecular weight excluding hydrogens is 551 g/mol. The van der Waals surface area contributed by atoms with Gasteiger partial charge in [-0.3, -0.25) is 4.79 Å². The summed E-state index contributed by atoms with van der Waals surface area (Å²) in [7, 11) is 0. The van der Waals surface area contributed by atoms with E-state index in [9.17, 15) is 27.2 Å². The molecule has 5 rings (SSSR count). The monoisotopic (exact) mass is 572 g/mol. The molecule has 1 aliphatic heterocycles. The van der Waals surface area contributed by atoms with E-state index in [1.54, 1.807) is 6.92 Å². The minimum absolute atomic E-state index is 0.0302. The van der Waals surface area contributed by atoms with Crippen LogP contribution < -0.4 is 5.32 Å². The number of amides is 1. The van der Waals surface area contributed by atoms with E-state index in [1.165, 1.54) is 18.2 Å². The van der Waals surface area contributed by atoms with Gasteiger partial charge < -0.3 is 14.9 Å². The van der Waals surface area contributed by atoms with Gasteiger partial charge in [0.25, 0.3) is 11.5 Å². The number of nitrogens with zero attached hydrogens (tertiary/aromatic N) is 1. The van der Waals surface area contributed by atoms with Crippen LogP contribution in [0.15, 0.2) is 35.5 Å². The van der Waals surface area contributed by atoms with Gasteiger partial charge in [0.05, 0.1) is 15.8 Å². The van der Waals surface area contributed by atoms with E-state index in [0.717, 1.165) is 31.4 Å². The van der Waals surface area contributed by atoms with E-state index in [1.807, 2.05) is 0 Å². The standard InChI is InChI=1S/C26H22Cl2F4N2O4/c1-13-9-14(3-6-17(13)22(35)33-24(7-2-8-24)23(36)37-16-4-5-16)20-12-25(38-34-20,26(30,31)32)15-10-18(27)21(29)19(28)11-15/h3,6,9-11,16H,2,4-5,7-8,12H2,1H3,(H,33,35). The number of nitrogens with one attached hydrogen (secondary N) is 1. The summed E-state index contributed by atoms with van der Waals surface area (Å²) in [5.41, 5.74) is -3.47. The minimum atomic E-state index is -4.94. The molecule has 2 fully saturated rings. The molecule has 2 aromatic rings. The van der Waals surface area contributed by atoms with Crippen LogP contribution in [0, 0.1) is 12.7 Å². The first-order valence-electron chi connectivity index (χ1n) is 12.0. The summed E-state index contributed by atoms with van der Waals surface area (Å²) in [5, 5.41) is 5.34. The molecule has 3 aliphatic rings. The molecule has 2 aromatic carbocycles. The second kappa shape index (κ2) is 9.41. The van der Waals surface area contributed by atoms with Gasteiger partial charge in [-0.05, 0) is 74.4 Å². The Hall–Kier alpha value is -2.85. The lowest BCUT2D eigenvalue weighted by Crippen LogP contribution is -2.60. The largest absolute Gasteiger partial charge is 0.461 e. The van der Waals surface area contributed by atoms with Gasteiger partial charge in [0.2, 0.25) is 0 Å². The average molecular weight is 573 g/mol. The van der Waals surface area contributed by atoms with Crippen LogP contribution >= 0.6 is 23.2 Å². The topological polar surface area (TPSA) is 77.0 Å². The number of ether oxygens (including phenoxy) is 1. The molecule has 2 aliphatic carbocycles. The number of halogens is 6. The summed E-state index contributed by atoms with van der Waals surface area (Å²) in [6, 6.07) is 6.07. The van der Waals surface area contributed by atoms with Gasteiger partial charge in [0.15, 0.2) is 5.82 Å². The summed E-state index contributed by atoms with van der Waals surface area (Å²) in [6.45, 7) is 1.63. The Kier molecular flexibility index (Phi) is 6.62. The third kappa shape index (κ3) is 4.62. The smallest absolute Gasteiger partial charge is 0.435 e. The number of carbonyl (C=O) groups excluding carboxylic acids is 2. The Balaban J connectivity index is 1.37. The van der Waals surface area contributed by atoms with Gasteiger partial charge in [-0.15, -0.1) is 0 Å². The van der Waals surface area contributed by atoms with Crippen molar-refractivity contribution in [1.82, 2.24) is 5.32 Å². The Labute approximate surface area is 225 Å². The van der Waals surface area contributed by atoms with E-state index in [4.69, 9.17) is 32.8 Å². The number of hydrogen-bond acceptors (Lipinski definition) is 5. The number of benzene rings is 2. The van der Waals surface area contributed by atoms with Crippen molar-refractivity contribution in [3.8, 4) is 0 Å². The van der Waals surface area contributed by atoms with Crippen LogP contribution in [-0.4, -0.2) is 35.4 Å². The maximum atomic E-state index is 14.3. The summed E-state index contributed by atoms with van der Waals surface area (Å²) < 4.78 is 62.1. The number of alkyl halides is 3. The molecule has 0 saturated heterocycles. The highest BCUT2D eigenvalue weighted by Crippen LogP contribution is 2.50. The second-order valence-electron chi connectivity index (χ2n) is 9.91. The first-order valence-corrected chi connectivity index (χ1v) is 12.7. The highest BCUT2D eigenvalue weighted by atomic mass is 35.5. The summed E-state index contributed by atoms with van der Waals surface area (Å²) >= 11 is 11.5. The van der Waals surface area contributed by atoms with Crippen molar-refractivity contribution in [3.63, 3.8) is 0 Å². The molecule has 1 heterocycles. The predicted octanol–water partition coefficient (Wildman–Crippen LogP) is 6.38. The second-order valence-corrected chi connectivity index (χ2v) is 10.7. The number of oxime groups is 1. The Morgan fingerprint density at radius 3 is 2.32 bits per heavy atom. The number of esters is 1. The van der Waals surface area contributed by atoms with Crippen LogP contribution in [0.4, 0.5) is 17.6 Å². The highest BCUT2D eigenvalue weighted by Gasteiger charge is 2.62. The van der Waals surface area contributed by atoms with E-state index >= 15 is 0 Å². The quantitative estimate of drug-likeness (QED) is 0.247. The van der Waals surface area contributed by atoms with Gasteiger partial charge in [-0.1, -0.05) is 34.4 Å². The molecule has 12 heteroatoms. The maximum Gasteiger partial charge on any atom is 0.435 e.